The minimum absolute atomic E-state index is 0.0416. The van der Waals surface area contributed by atoms with E-state index in [0.29, 0.717) is 18.1 Å². The number of nitrogens with two attached hydrogens (primary N) is 1. The van der Waals surface area contributed by atoms with Crippen molar-refractivity contribution in [2.75, 3.05) is 6.54 Å². The Labute approximate surface area is 99.0 Å². The molecule has 1 heterocycles. The first-order valence-corrected chi connectivity index (χ1v) is 5.60. The van der Waals surface area contributed by atoms with E-state index in [4.69, 9.17) is 18.0 Å². The van der Waals surface area contributed by atoms with Gasteiger partial charge in [0, 0.05) is 25.5 Å². The fourth-order valence-electron chi connectivity index (χ4n) is 1.60. The van der Waals surface area contributed by atoms with Crippen LogP contribution in [0.25, 0.3) is 0 Å². The summed E-state index contributed by atoms with van der Waals surface area (Å²) in [5.41, 5.74) is 5.00. The van der Waals surface area contributed by atoms with Crippen molar-refractivity contribution >= 4 is 23.1 Å². The number of thiocarbonyl (C=S) groups is 1. The fourth-order valence-corrected chi connectivity index (χ4v) is 1.89. The summed E-state index contributed by atoms with van der Waals surface area (Å²) in [6.07, 6.45) is 6.83. The third-order valence-electron chi connectivity index (χ3n) is 2.87. The molecule has 0 atom stereocenters. The highest BCUT2D eigenvalue weighted by Gasteiger charge is 2.52. The van der Waals surface area contributed by atoms with Crippen LogP contribution in [0.5, 0.6) is 0 Å². The Bertz CT molecular complexity index is 397. The SMILES string of the molecule is NC(=S)C1(C(=O)NCCn2ccnc2)CC1. The zero-order valence-corrected chi connectivity index (χ0v) is 9.67. The smallest absolute Gasteiger partial charge is 0.233 e. The van der Waals surface area contributed by atoms with E-state index in [1.165, 1.54) is 0 Å². The lowest BCUT2D eigenvalue weighted by molar-refractivity contribution is -0.124. The number of nitrogens with one attached hydrogen (secondary N) is 1. The molecule has 0 radical (unpaired) electrons. The molecule has 1 amide bonds. The molecule has 0 bridgehead atoms. The number of aromatic nitrogens is 2. The maximum atomic E-state index is 11.8. The van der Waals surface area contributed by atoms with Crippen LogP contribution in [-0.4, -0.2) is 27.0 Å². The van der Waals surface area contributed by atoms with Crippen LogP contribution in [0.3, 0.4) is 0 Å². The second-order valence-corrected chi connectivity index (χ2v) is 4.44. The van der Waals surface area contributed by atoms with E-state index < -0.39 is 5.41 Å². The number of amides is 1. The van der Waals surface area contributed by atoms with Gasteiger partial charge in [-0.15, -0.1) is 0 Å². The average molecular weight is 238 g/mol. The first kappa shape index (κ1) is 11.1. The molecule has 0 spiro atoms. The van der Waals surface area contributed by atoms with Gasteiger partial charge in [0.1, 0.15) is 0 Å². The van der Waals surface area contributed by atoms with E-state index >= 15 is 0 Å². The molecule has 0 unspecified atom stereocenters. The van der Waals surface area contributed by atoms with Crippen molar-refractivity contribution in [1.29, 1.82) is 0 Å². The summed E-state index contributed by atoms with van der Waals surface area (Å²) < 4.78 is 1.90. The number of hydrogen-bond acceptors (Lipinski definition) is 3. The van der Waals surface area contributed by atoms with Crippen LogP contribution in [0.2, 0.25) is 0 Å². The van der Waals surface area contributed by atoms with E-state index in [-0.39, 0.29) is 5.91 Å². The second kappa shape index (κ2) is 4.21. The third kappa shape index (κ3) is 2.06. The van der Waals surface area contributed by atoms with Gasteiger partial charge in [-0.25, -0.2) is 4.98 Å². The van der Waals surface area contributed by atoms with Crippen molar-refractivity contribution in [2.45, 2.75) is 19.4 Å². The summed E-state index contributed by atoms with van der Waals surface area (Å²) in [7, 11) is 0. The molecule has 16 heavy (non-hydrogen) atoms. The van der Waals surface area contributed by atoms with Crippen molar-refractivity contribution < 1.29 is 4.79 Å². The predicted octanol–water partition coefficient (Wildman–Crippen LogP) is 0.0656. The molecular formula is C10H14N4OS. The molecule has 6 heteroatoms. The normalized spacial score (nSPS) is 16.8. The fraction of sp³-hybridized carbons (Fsp3) is 0.500. The summed E-state index contributed by atoms with van der Waals surface area (Å²) >= 11 is 4.90. The summed E-state index contributed by atoms with van der Waals surface area (Å²) in [6.45, 7) is 1.28. The number of carbonyl (C=O) groups excluding carboxylic acids is 1. The van der Waals surface area contributed by atoms with Gasteiger partial charge in [0.15, 0.2) is 0 Å². The predicted molar refractivity (Wildman–Crippen MR) is 63.7 cm³/mol. The van der Waals surface area contributed by atoms with Crippen LogP contribution in [0.4, 0.5) is 0 Å². The molecule has 1 fully saturated rings. The molecule has 2 rings (SSSR count). The van der Waals surface area contributed by atoms with Gasteiger partial charge in [0.05, 0.1) is 16.7 Å². The van der Waals surface area contributed by atoms with Gasteiger partial charge in [0.2, 0.25) is 5.91 Å². The van der Waals surface area contributed by atoms with Crippen molar-refractivity contribution in [3.05, 3.63) is 18.7 Å². The highest BCUT2D eigenvalue weighted by atomic mass is 32.1. The van der Waals surface area contributed by atoms with Crippen molar-refractivity contribution in [3.63, 3.8) is 0 Å². The minimum atomic E-state index is -0.551. The summed E-state index contributed by atoms with van der Waals surface area (Å²) in [5, 5.41) is 2.85. The monoisotopic (exact) mass is 238 g/mol. The van der Waals surface area contributed by atoms with Crippen LogP contribution in [0, 0.1) is 5.41 Å². The molecule has 3 N–H and O–H groups in total. The molecule has 86 valence electrons. The van der Waals surface area contributed by atoms with Crippen molar-refractivity contribution in [1.82, 2.24) is 14.9 Å². The molecule has 5 nitrogen and oxygen atoms in total. The molecule has 0 saturated heterocycles. The largest absolute Gasteiger partial charge is 0.392 e. The molecule has 1 saturated carbocycles. The zero-order chi connectivity index (χ0) is 11.6. The van der Waals surface area contributed by atoms with Crippen LogP contribution < -0.4 is 11.1 Å². The lowest BCUT2D eigenvalue weighted by Crippen LogP contribution is -2.40. The molecule has 1 aromatic heterocycles. The van der Waals surface area contributed by atoms with Crippen LogP contribution in [0.1, 0.15) is 12.8 Å². The lowest BCUT2D eigenvalue weighted by Gasteiger charge is -2.13. The van der Waals surface area contributed by atoms with Gasteiger partial charge in [-0.05, 0) is 12.8 Å². The van der Waals surface area contributed by atoms with Gasteiger partial charge < -0.3 is 15.6 Å². The lowest BCUT2D eigenvalue weighted by atomic mass is 10.1. The summed E-state index contributed by atoms with van der Waals surface area (Å²) in [6, 6.07) is 0. The van der Waals surface area contributed by atoms with E-state index in [9.17, 15) is 4.79 Å². The highest BCUT2D eigenvalue weighted by molar-refractivity contribution is 7.80. The number of rotatable bonds is 5. The first-order valence-electron chi connectivity index (χ1n) is 5.19. The van der Waals surface area contributed by atoms with Crippen LogP contribution in [-0.2, 0) is 11.3 Å². The van der Waals surface area contributed by atoms with E-state index in [1.54, 1.807) is 12.5 Å². The van der Waals surface area contributed by atoms with E-state index in [0.717, 1.165) is 12.8 Å². The van der Waals surface area contributed by atoms with Crippen LogP contribution in [0.15, 0.2) is 18.7 Å². The number of nitrogens with zero attached hydrogens (tertiary/aromatic N) is 2. The molecule has 1 aliphatic rings. The summed E-state index contributed by atoms with van der Waals surface area (Å²) in [4.78, 5) is 16.0. The molecule has 0 aliphatic heterocycles. The van der Waals surface area contributed by atoms with Gasteiger partial charge in [-0.2, -0.15) is 0 Å². The van der Waals surface area contributed by atoms with Crippen LogP contribution >= 0.6 is 12.2 Å². The highest BCUT2D eigenvalue weighted by Crippen LogP contribution is 2.46. The Morgan fingerprint density at radius 2 is 2.38 bits per heavy atom. The van der Waals surface area contributed by atoms with Gasteiger partial charge in [0.25, 0.3) is 0 Å². The Morgan fingerprint density at radius 1 is 1.62 bits per heavy atom. The van der Waals surface area contributed by atoms with E-state index in [1.807, 2.05) is 10.8 Å². The third-order valence-corrected chi connectivity index (χ3v) is 3.26. The average Bonchev–Trinajstić information content (AvgIpc) is 2.92. The Hall–Kier alpha value is -1.43. The number of hydrogen-bond donors (Lipinski definition) is 2. The van der Waals surface area contributed by atoms with E-state index in [2.05, 4.69) is 10.3 Å². The van der Waals surface area contributed by atoms with Crippen molar-refractivity contribution in [3.8, 4) is 0 Å². The Morgan fingerprint density at radius 3 is 2.88 bits per heavy atom. The van der Waals surface area contributed by atoms with Gasteiger partial charge in [-0.1, -0.05) is 12.2 Å². The number of imidazole rings is 1. The van der Waals surface area contributed by atoms with Gasteiger partial charge in [-0.3, -0.25) is 4.79 Å². The first-order chi connectivity index (χ1) is 7.65. The molecular weight excluding hydrogens is 224 g/mol. The van der Waals surface area contributed by atoms with Crippen molar-refractivity contribution in [2.24, 2.45) is 11.1 Å². The standard InChI is InChI=1S/C10H14N4OS/c11-8(16)10(1-2-10)9(15)13-4-6-14-5-3-12-7-14/h3,5,7H,1-2,4,6H2,(H2,11,16)(H,13,15). The molecule has 0 aromatic carbocycles. The zero-order valence-electron chi connectivity index (χ0n) is 8.85. The summed E-state index contributed by atoms with van der Waals surface area (Å²) in [5.74, 6) is -0.0416. The maximum absolute atomic E-state index is 11.8. The Balaban J connectivity index is 1.79. The maximum Gasteiger partial charge on any atom is 0.233 e. The Kier molecular flexibility index (Phi) is 2.91. The quantitative estimate of drug-likeness (QED) is 0.712. The second-order valence-electron chi connectivity index (χ2n) is 4.00. The van der Waals surface area contributed by atoms with Gasteiger partial charge >= 0.3 is 0 Å². The molecule has 1 aliphatic carbocycles. The topological polar surface area (TPSA) is 72.9 Å². The molecule has 1 aromatic rings. The number of carbonyl (C=O) groups is 1. The minimum Gasteiger partial charge on any atom is -0.392 e.